The zero-order valence-corrected chi connectivity index (χ0v) is 13.1. The molecule has 4 aromatic rings. The van der Waals surface area contributed by atoms with Crippen molar-refractivity contribution in [3.8, 4) is 17.2 Å². The first kappa shape index (κ1) is 14.5. The summed E-state index contributed by atoms with van der Waals surface area (Å²) in [6.45, 7) is 0. The number of nitrogens with zero attached hydrogens (tertiary/aromatic N) is 4. The molecule has 6 nitrogen and oxygen atoms in total. The Morgan fingerprint density at radius 2 is 1.88 bits per heavy atom. The zero-order valence-electron chi connectivity index (χ0n) is 12.3. The maximum atomic E-state index is 9.34. The van der Waals surface area contributed by atoms with E-state index >= 15 is 0 Å². The summed E-state index contributed by atoms with van der Waals surface area (Å²) in [5, 5.41) is 18.4. The minimum absolute atomic E-state index is 0.173. The predicted octanol–water partition coefficient (Wildman–Crippen LogP) is 5.37. The number of rotatable bonds is 3. The average Bonchev–Trinajstić information content (AvgIpc) is 3.21. The first-order valence-electron chi connectivity index (χ1n) is 7.13. The quantitative estimate of drug-likeness (QED) is 0.510. The number of phenolic OH excluding ortho intramolecular Hbond substituents is 1. The van der Waals surface area contributed by atoms with Crippen molar-refractivity contribution >= 4 is 28.8 Å². The molecule has 1 N–H and O–H groups in total. The molecule has 0 aliphatic carbocycles. The van der Waals surface area contributed by atoms with Crippen LogP contribution < -0.4 is 0 Å². The molecule has 0 radical (unpaired) electrons. The molecule has 118 valence electrons. The fraction of sp³-hybridized carbons (Fsp3) is 0. The minimum Gasteiger partial charge on any atom is -0.508 e. The summed E-state index contributed by atoms with van der Waals surface area (Å²) in [4.78, 5) is 4.54. The number of hydrogen-bond acceptors (Lipinski definition) is 5. The Balaban J connectivity index is 1.87. The second-order valence-corrected chi connectivity index (χ2v) is 5.49. The molecule has 7 heteroatoms. The maximum absolute atomic E-state index is 9.34. The predicted molar refractivity (Wildman–Crippen MR) is 90.2 cm³/mol. The molecule has 0 spiro atoms. The van der Waals surface area contributed by atoms with Gasteiger partial charge in [-0.05, 0) is 48.5 Å². The number of fused-ring (bicyclic) bond motifs is 1. The molecule has 4 rings (SSSR count). The molecule has 0 aliphatic rings. The van der Waals surface area contributed by atoms with Crippen LogP contribution in [0.3, 0.4) is 0 Å². The number of hydrogen-bond donors (Lipinski definition) is 1. The number of furan rings is 1. The smallest absolute Gasteiger partial charge is 0.190 e. The lowest BCUT2D eigenvalue weighted by atomic mass is 10.3. The molecule has 0 saturated carbocycles. The second kappa shape index (κ2) is 5.82. The molecular weight excluding hydrogens is 328 g/mol. The Morgan fingerprint density at radius 3 is 2.62 bits per heavy atom. The van der Waals surface area contributed by atoms with Crippen molar-refractivity contribution < 1.29 is 9.52 Å². The molecule has 0 atom stereocenters. The number of halogens is 1. The monoisotopic (exact) mass is 338 g/mol. The number of imidazole rings is 1. The molecular formula is C17H11ClN4O2. The molecule has 1 aromatic carbocycles. The van der Waals surface area contributed by atoms with Crippen LogP contribution in [0.15, 0.2) is 75.6 Å². The fourth-order valence-electron chi connectivity index (χ4n) is 2.30. The molecule has 24 heavy (non-hydrogen) atoms. The van der Waals surface area contributed by atoms with Gasteiger partial charge in [-0.25, -0.2) is 4.98 Å². The Morgan fingerprint density at radius 1 is 1.04 bits per heavy atom. The van der Waals surface area contributed by atoms with E-state index in [2.05, 4.69) is 15.2 Å². The van der Waals surface area contributed by atoms with Crippen molar-refractivity contribution in [2.45, 2.75) is 0 Å². The van der Waals surface area contributed by atoms with Crippen LogP contribution in [0.25, 0.3) is 17.1 Å². The third-order valence-electron chi connectivity index (χ3n) is 3.42. The highest BCUT2D eigenvalue weighted by molar-refractivity contribution is 6.30. The van der Waals surface area contributed by atoms with Crippen molar-refractivity contribution in [2.75, 3.05) is 0 Å². The van der Waals surface area contributed by atoms with Crippen molar-refractivity contribution in [1.29, 1.82) is 0 Å². The zero-order chi connectivity index (χ0) is 16.5. The van der Waals surface area contributed by atoms with E-state index in [0.717, 1.165) is 0 Å². The van der Waals surface area contributed by atoms with Gasteiger partial charge < -0.3 is 9.52 Å². The lowest BCUT2D eigenvalue weighted by molar-refractivity contribution is 0.475. The summed E-state index contributed by atoms with van der Waals surface area (Å²) in [6, 6.07) is 13.6. The number of pyridine rings is 1. The normalized spacial score (nSPS) is 11.5. The van der Waals surface area contributed by atoms with Gasteiger partial charge in [-0.1, -0.05) is 11.6 Å². The molecule has 3 aromatic heterocycles. The Labute approximate surface area is 141 Å². The molecule has 0 amide bonds. The highest BCUT2D eigenvalue weighted by atomic mass is 35.5. The van der Waals surface area contributed by atoms with Crippen molar-refractivity contribution in [3.63, 3.8) is 0 Å². The van der Waals surface area contributed by atoms with Crippen LogP contribution in [-0.2, 0) is 0 Å². The molecule has 3 heterocycles. The second-order valence-electron chi connectivity index (χ2n) is 5.05. The van der Waals surface area contributed by atoms with Gasteiger partial charge in [0.2, 0.25) is 0 Å². The molecule has 0 saturated heterocycles. The lowest BCUT2D eigenvalue weighted by Crippen LogP contribution is -1.82. The van der Waals surface area contributed by atoms with E-state index in [4.69, 9.17) is 16.0 Å². The number of aromatic nitrogens is 2. The van der Waals surface area contributed by atoms with E-state index in [1.165, 1.54) is 0 Å². The summed E-state index contributed by atoms with van der Waals surface area (Å²) in [6.07, 6.45) is 3.30. The van der Waals surface area contributed by atoms with E-state index < -0.39 is 0 Å². The van der Waals surface area contributed by atoms with Crippen molar-refractivity contribution in [1.82, 2.24) is 9.38 Å². The summed E-state index contributed by atoms with van der Waals surface area (Å²) in [7, 11) is 0. The maximum Gasteiger partial charge on any atom is 0.190 e. The SMILES string of the molecule is Oc1ccc(N=Nc2c(-c3ccco3)nc3ccc(Cl)cn23)cc1. The van der Waals surface area contributed by atoms with Crippen molar-refractivity contribution in [2.24, 2.45) is 10.2 Å². The van der Waals surface area contributed by atoms with E-state index in [-0.39, 0.29) is 5.75 Å². The van der Waals surface area contributed by atoms with Gasteiger partial charge in [0.1, 0.15) is 11.4 Å². The number of benzene rings is 1. The van der Waals surface area contributed by atoms with E-state index in [9.17, 15) is 5.11 Å². The summed E-state index contributed by atoms with van der Waals surface area (Å²) < 4.78 is 7.20. The average molecular weight is 339 g/mol. The van der Waals surface area contributed by atoms with E-state index in [1.54, 1.807) is 59.3 Å². The van der Waals surface area contributed by atoms with Crippen LogP contribution in [-0.4, -0.2) is 14.5 Å². The van der Waals surface area contributed by atoms with Crippen LogP contribution in [0.4, 0.5) is 11.5 Å². The van der Waals surface area contributed by atoms with Crippen LogP contribution in [0, 0.1) is 0 Å². The number of aromatic hydroxyl groups is 1. The summed E-state index contributed by atoms with van der Waals surface area (Å²) in [5.41, 5.74) is 1.87. The summed E-state index contributed by atoms with van der Waals surface area (Å²) >= 11 is 6.09. The fourth-order valence-corrected chi connectivity index (χ4v) is 2.47. The first-order valence-corrected chi connectivity index (χ1v) is 7.51. The van der Waals surface area contributed by atoms with Gasteiger partial charge in [0.05, 0.1) is 17.0 Å². The molecule has 0 unspecified atom stereocenters. The van der Waals surface area contributed by atoms with Crippen LogP contribution >= 0.6 is 11.6 Å². The van der Waals surface area contributed by atoms with Gasteiger partial charge in [-0.15, -0.1) is 10.2 Å². The van der Waals surface area contributed by atoms with Crippen LogP contribution in [0.2, 0.25) is 5.02 Å². The van der Waals surface area contributed by atoms with Crippen LogP contribution in [0.5, 0.6) is 5.75 Å². The van der Waals surface area contributed by atoms with E-state index in [1.807, 2.05) is 6.07 Å². The van der Waals surface area contributed by atoms with Gasteiger partial charge in [0.15, 0.2) is 17.3 Å². The largest absolute Gasteiger partial charge is 0.508 e. The van der Waals surface area contributed by atoms with Gasteiger partial charge in [-0.3, -0.25) is 4.40 Å². The topological polar surface area (TPSA) is 75.4 Å². The third-order valence-corrected chi connectivity index (χ3v) is 3.65. The van der Waals surface area contributed by atoms with Crippen LogP contribution in [0.1, 0.15) is 0 Å². The number of phenols is 1. The molecule has 0 aliphatic heterocycles. The molecule has 0 fully saturated rings. The summed E-state index contributed by atoms with van der Waals surface area (Å²) in [5.74, 6) is 1.27. The lowest BCUT2D eigenvalue weighted by Gasteiger charge is -1.98. The Kier molecular flexibility index (Phi) is 3.51. The third kappa shape index (κ3) is 2.63. The molecule has 0 bridgehead atoms. The van der Waals surface area contributed by atoms with Gasteiger partial charge in [0.25, 0.3) is 0 Å². The highest BCUT2D eigenvalue weighted by Crippen LogP contribution is 2.33. The number of azo groups is 1. The standard InChI is InChI=1S/C17H11ClN4O2/c18-11-3-8-15-19-16(14-2-1-9-24-14)17(22(15)10-11)21-20-12-4-6-13(23)7-5-12/h1-10,23H. The Hall–Kier alpha value is -3.12. The highest BCUT2D eigenvalue weighted by Gasteiger charge is 2.16. The Bertz CT molecular complexity index is 1020. The van der Waals surface area contributed by atoms with Crippen molar-refractivity contribution in [3.05, 3.63) is 66.0 Å². The van der Waals surface area contributed by atoms with Gasteiger partial charge in [-0.2, -0.15) is 0 Å². The van der Waals surface area contributed by atoms with Gasteiger partial charge >= 0.3 is 0 Å². The van der Waals surface area contributed by atoms with Gasteiger partial charge in [0, 0.05) is 6.20 Å². The minimum atomic E-state index is 0.173. The first-order chi connectivity index (χ1) is 11.7. The van der Waals surface area contributed by atoms with E-state index in [0.29, 0.717) is 33.6 Å².